The van der Waals surface area contributed by atoms with Crippen LogP contribution in [0.3, 0.4) is 0 Å². The zero-order valence-electron chi connectivity index (χ0n) is 15.5. The smallest absolute Gasteiger partial charge is 0.252 e. The van der Waals surface area contributed by atoms with Crippen LogP contribution in [-0.4, -0.2) is 10.5 Å². The second-order valence-corrected chi connectivity index (χ2v) is 7.67. The second-order valence-electron chi connectivity index (χ2n) is 6.66. The van der Waals surface area contributed by atoms with Gasteiger partial charge in [0.1, 0.15) is 0 Å². The van der Waals surface area contributed by atoms with Crippen LogP contribution in [0.4, 0.5) is 0 Å². The van der Waals surface area contributed by atoms with Gasteiger partial charge in [-0.05, 0) is 69.0 Å². The van der Waals surface area contributed by atoms with Crippen molar-refractivity contribution < 1.29 is 4.79 Å². The predicted octanol–water partition coefficient (Wildman–Crippen LogP) is 4.63. The van der Waals surface area contributed by atoms with Gasteiger partial charge in [0.25, 0.3) is 5.91 Å². The van der Waals surface area contributed by atoms with E-state index in [9.17, 15) is 4.79 Å². The number of carbonyl (C=O) groups excluding carboxylic acids is 1. The normalized spacial score (nSPS) is 12.1. The summed E-state index contributed by atoms with van der Waals surface area (Å²) in [6.07, 6.45) is 0.356. The Kier molecular flexibility index (Phi) is 4.91. The first kappa shape index (κ1) is 17.6. The molecule has 0 bridgehead atoms. The molecule has 3 aromatic rings. The fraction of sp³-hybridized carbons (Fsp3) is 0.333. The molecule has 130 valence electrons. The van der Waals surface area contributed by atoms with Crippen molar-refractivity contribution >= 4 is 27.5 Å². The molecule has 4 heteroatoms. The Bertz CT molecular complexity index is 1000. The predicted molar refractivity (Wildman–Crippen MR) is 105 cm³/mol. The molecular weight excluding hydrogens is 328 g/mol. The molecule has 0 saturated heterocycles. The van der Waals surface area contributed by atoms with Crippen molar-refractivity contribution in [3.63, 3.8) is 0 Å². The zero-order valence-corrected chi connectivity index (χ0v) is 16.3. The highest BCUT2D eigenvalue weighted by molar-refractivity contribution is 7.16. The van der Waals surface area contributed by atoms with E-state index in [1.807, 2.05) is 0 Å². The minimum absolute atomic E-state index is 0.0828. The van der Waals surface area contributed by atoms with Crippen molar-refractivity contribution in [1.29, 1.82) is 0 Å². The Morgan fingerprint density at radius 3 is 2.36 bits per heavy atom. The number of carbonyl (C=O) groups is 1. The average Bonchev–Trinajstić information content (AvgIpc) is 2.86. The van der Waals surface area contributed by atoms with Crippen LogP contribution in [-0.2, 0) is 17.8 Å². The highest BCUT2D eigenvalue weighted by Crippen LogP contribution is 2.20. The van der Waals surface area contributed by atoms with E-state index in [4.69, 9.17) is 0 Å². The monoisotopic (exact) mass is 352 g/mol. The SMILES string of the molecule is CCn1c(=NC(=O)Cc2c(C)cc(C)cc2C)sc2cc(C)ccc21. The molecule has 0 radical (unpaired) electrons. The highest BCUT2D eigenvalue weighted by atomic mass is 32.1. The van der Waals surface area contributed by atoms with Gasteiger partial charge >= 0.3 is 0 Å². The van der Waals surface area contributed by atoms with Crippen molar-refractivity contribution in [2.45, 2.75) is 47.6 Å². The maximum atomic E-state index is 12.6. The van der Waals surface area contributed by atoms with Gasteiger partial charge in [-0.1, -0.05) is 35.1 Å². The van der Waals surface area contributed by atoms with Crippen LogP contribution in [0, 0.1) is 27.7 Å². The number of thiazole rings is 1. The maximum Gasteiger partial charge on any atom is 0.252 e. The van der Waals surface area contributed by atoms with Gasteiger partial charge in [-0.15, -0.1) is 0 Å². The van der Waals surface area contributed by atoms with Gasteiger partial charge in [-0.25, -0.2) is 0 Å². The molecular formula is C21H24N2OS. The third kappa shape index (κ3) is 3.59. The van der Waals surface area contributed by atoms with Gasteiger partial charge in [0.05, 0.1) is 16.6 Å². The molecule has 1 aromatic heterocycles. The highest BCUT2D eigenvalue weighted by Gasteiger charge is 2.11. The Hall–Kier alpha value is -2.20. The first-order valence-corrected chi connectivity index (χ1v) is 9.45. The van der Waals surface area contributed by atoms with E-state index < -0.39 is 0 Å². The third-order valence-electron chi connectivity index (χ3n) is 4.54. The largest absolute Gasteiger partial charge is 0.317 e. The van der Waals surface area contributed by atoms with Crippen molar-refractivity contribution in [3.8, 4) is 0 Å². The molecule has 0 atom stereocenters. The molecule has 3 rings (SSSR count). The fourth-order valence-electron chi connectivity index (χ4n) is 3.36. The molecule has 0 aliphatic carbocycles. The molecule has 1 amide bonds. The molecule has 3 nitrogen and oxygen atoms in total. The quantitative estimate of drug-likeness (QED) is 0.677. The maximum absolute atomic E-state index is 12.6. The standard InChI is InChI=1S/C21H24N2OS/c1-6-23-18-8-7-13(2)11-19(18)25-21(23)22-20(24)12-17-15(4)9-14(3)10-16(17)5/h7-11H,6,12H2,1-5H3. The van der Waals surface area contributed by atoms with Crippen LogP contribution < -0.4 is 4.80 Å². The number of fused-ring (bicyclic) bond motifs is 1. The molecule has 1 heterocycles. The number of amides is 1. The lowest BCUT2D eigenvalue weighted by atomic mass is 9.97. The Balaban J connectivity index is 2.01. The van der Waals surface area contributed by atoms with Crippen LogP contribution >= 0.6 is 11.3 Å². The minimum atomic E-state index is -0.0828. The summed E-state index contributed by atoms with van der Waals surface area (Å²) in [6, 6.07) is 10.6. The number of aryl methyl sites for hydroxylation is 5. The van der Waals surface area contributed by atoms with Gasteiger partial charge in [0, 0.05) is 6.54 Å². The fourth-order valence-corrected chi connectivity index (χ4v) is 4.57. The van der Waals surface area contributed by atoms with E-state index in [1.165, 1.54) is 15.8 Å². The Labute approximate surface area is 152 Å². The van der Waals surface area contributed by atoms with Crippen molar-refractivity contribution in [2.75, 3.05) is 0 Å². The molecule has 0 saturated carbocycles. The molecule has 0 unspecified atom stereocenters. The first-order chi connectivity index (χ1) is 11.9. The molecule has 25 heavy (non-hydrogen) atoms. The van der Waals surface area contributed by atoms with Crippen LogP contribution in [0.15, 0.2) is 35.3 Å². The van der Waals surface area contributed by atoms with Gasteiger partial charge in [-0.2, -0.15) is 4.99 Å². The van der Waals surface area contributed by atoms with E-state index in [0.29, 0.717) is 6.42 Å². The van der Waals surface area contributed by atoms with Gasteiger partial charge in [0.2, 0.25) is 0 Å². The summed E-state index contributed by atoms with van der Waals surface area (Å²) < 4.78 is 3.29. The molecule has 0 aliphatic heterocycles. The summed E-state index contributed by atoms with van der Waals surface area (Å²) in [4.78, 5) is 17.8. The average molecular weight is 353 g/mol. The summed E-state index contributed by atoms with van der Waals surface area (Å²) >= 11 is 1.59. The molecule has 0 aliphatic rings. The molecule has 0 N–H and O–H groups in total. The van der Waals surface area contributed by atoms with Crippen LogP contribution in [0.25, 0.3) is 10.2 Å². The third-order valence-corrected chi connectivity index (χ3v) is 5.58. The minimum Gasteiger partial charge on any atom is -0.317 e. The number of hydrogen-bond acceptors (Lipinski definition) is 2. The number of hydrogen-bond donors (Lipinski definition) is 0. The molecule has 0 spiro atoms. The lowest BCUT2D eigenvalue weighted by Crippen LogP contribution is -2.17. The van der Waals surface area contributed by atoms with E-state index >= 15 is 0 Å². The van der Waals surface area contributed by atoms with Crippen LogP contribution in [0.2, 0.25) is 0 Å². The topological polar surface area (TPSA) is 34.4 Å². The summed E-state index contributed by atoms with van der Waals surface area (Å²) in [5, 5.41) is 0. The van der Waals surface area contributed by atoms with Crippen LogP contribution in [0.1, 0.15) is 34.7 Å². The summed E-state index contributed by atoms with van der Waals surface area (Å²) in [5.41, 5.74) is 7.02. The van der Waals surface area contributed by atoms with Crippen molar-refractivity contribution in [2.24, 2.45) is 4.99 Å². The zero-order chi connectivity index (χ0) is 18.1. The number of nitrogens with zero attached hydrogens (tertiary/aromatic N) is 2. The lowest BCUT2D eigenvalue weighted by Gasteiger charge is -2.09. The lowest BCUT2D eigenvalue weighted by molar-refractivity contribution is -0.117. The molecule has 2 aromatic carbocycles. The van der Waals surface area contributed by atoms with Gasteiger partial charge < -0.3 is 4.57 Å². The van der Waals surface area contributed by atoms with E-state index in [-0.39, 0.29) is 5.91 Å². The van der Waals surface area contributed by atoms with Crippen LogP contribution in [0.5, 0.6) is 0 Å². The summed E-state index contributed by atoms with van der Waals surface area (Å²) in [5.74, 6) is -0.0828. The van der Waals surface area contributed by atoms with E-state index in [1.54, 1.807) is 11.3 Å². The summed E-state index contributed by atoms with van der Waals surface area (Å²) in [7, 11) is 0. The summed E-state index contributed by atoms with van der Waals surface area (Å²) in [6.45, 7) is 11.2. The number of rotatable bonds is 3. The van der Waals surface area contributed by atoms with Gasteiger partial charge in [0.15, 0.2) is 4.80 Å². The second kappa shape index (κ2) is 6.96. The first-order valence-electron chi connectivity index (χ1n) is 8.63. The van der Waals surface area contributed by atoms with E-state index in [2.05, 4.69) is 74.5 Å². The number of aromatic nitrogens is 1. The molecule has 0 fully saturated rings. The van der Waals surface area contributed by atoms with E-state index in [0.717, 1.165) is 33.6 Å². The van der Waals surface area contributed by atoms with Gasteiger partial charge in [-0.3, -0.25) is 4.79 Å². The van der Waals surface area contributed by atoms with Crippen molar-refractivity contribution in [3.05, 3.63) is 63.0 Å². The Morgan fingerprint density at radius 1 is 1.04 bits per heavy atom. The number of benzene rings is 2. The Morgan fingerprint density at radius 2 is 1.72 bits per heavy atom. The van der Waals surface area contributed by atoms with Crippen molar-refractivity contribution in [1.82, 2.24) is 4.57 Å².